The average Bonchev–Trinajstić information content (AvgIpc) is 3.43. The van der Waals surface area contributed by atoms with Gasteiger partial charge in [-0.1, -0.05) is 30.3 Å². The summed E-state index contributed by atoms with van der Waals surface area (Å²) in [4.78, 5) is 23.6. The van der Waals surface area contributed by atoms with Gasteiger partial charge in [-0.15, -0.1) is 5.10 Å². The van der Waals surface area contributed by atoms with E-state index in [4.69, 9.17) is 0 Å². The number of tetrazole rings is 1. The molecule has 28 heavy (non-hydrogen) atoms. The minimum Gasteiger partial charge on any atom is -0.478 e. The number of carboxylic acid groups (broad SMARTS) is 1. The van der Waals surface area contributed by atoms with Crippen molar-refractivity contribution >= 4 is 17.6 Å². The first-order valence-electron chi connectivity index (χ1n) is 9.11. The molecule has 2 N–H and O–H groups in total. The number of hydrogen-bond acceptors (Lipinski definition) is 5. The highest BCUT2D eigenvalue weighted by Gasteiger charge is 2.28. The Balaban J connectivity index is 1.43. The SMILES string of the molecule is O=C(CCc1ccccc1C(=O)O)Nc1cccc(-c2nnnn2C2CC2)c1. The summed E-state index contributed by atoms with van der Waals surface area (Å²) in [6.45, 7) is 0. The van der Waals surface area contributed by atoms with Crippen molar-refractivity contribution in [3.05, 3.63) is 59.7 Å². The predicted molar refractivity (Wildman–Crippen MR) is 102 cm³/mol. The summed E-state index contributed by atoms with van der Waals surface area (Å²) in [5.74, 6) is -0.481. The molecule has 8 heteroatoms. The highest BCUT2D eigenvalue weighted by Crippen LogP contribution is 2.36. The number of carbonyl (C=O) groups is 2. The topological polar surface area (TPSA) is 110 Å². The van der Waals surface area contributed by atoms with Crippen LogP contribution in [0.25, 0.3) is 11.4 Å². The van der Waals surface area contributed by atoms with Crippen molar-refractivity contribution in [3.8, 4) is 11.4 Å². The second-order valence-electron chi connectivity index (χ2n) is 6.77. The van der Waals surface area contributed by atoms with Crippen molar-refractivity contribution in [2.75, 3.05) is 5.32 Å². The van der Waals surface area contributed by atoms with Gasteiger partial charge in [0.1, 0.15) is 0 Å². The molecule has 1 amide bonds. The monoisotopic (exact) mass is 377 g/mol. The van der Waals surface area contributed by atoms with E-state index in [1.165, 1.54) is 0 Å². The van der Waals surface area contributed by atoms with E-state index in [-0.39, 0.29) is 17.9 Å². The maximum absolute atomic E-state index is 12.3. The third-order valence-electron chi connectivity index (χ3n) is 4.66. The number of amides is 1. The zero-order chi connectivity index (χ0) is 19.5. The van der Waals surface area contributed by atoms with Gasteiger partial charge in [0.15, 0.2) is 5.82 Å². The van der Waals surface area contributed by atoms with Crippen LogP contribution in [0.15, 0.2) is 48.5 Å². The van der Waals surface area contributed by atoms with Crippen LogP contribution in [0.3, 0.4) is 0 Å². The first-order chi connectivity index (χ1) is 13.6. The van der Waals surface area contributed by atoms with Gasteiger partial charge in [0, 0.05) is 17.7 Å². The van der Waals surface area contributed by atoms with E-state index in [9.17, 15) is 14.7 Å². The molecular weight excluding hydrogens is 358 g/mol. The van der Waals surface area contributed by atoms with Crippen LogP contribution in [0.4, 0.5) is 5.69 Å². The molecule has 1 aromatic heterocycles. The number of nitrogens with one attached hydrogen (secondary N) is 1. The molecule has 0 bridgehead atoms. The molecule has 1 saturated carbocycles. The van der Waals surface area contributed by atoms with Gasteiger partial charge in [0.05, 0.1) is 11.6 Å². The molecule has 0 saturated heterocycles. The normalized spacial score (nSPS) is 13.3. The number of nitrogens with zero attached hydrogens (tertiary/aromatic N) is 4. The van der Waals surface area contributed by atoms with Crippen molar-refractivity contribution in [2.45, 2.75) is 31.7 Å². The lowest BCUT2D eigenvalue weighted by Crippen LogP contribution is -2.13. The Morgan fingerprint density at radius 2 is 1.96 bits per heavy atom. The first-order valence-corrected chi connectivity index (χ1v) is 9.11. The smallest absolute Gasteiger partial charge is 0.335 e. The molecular formula is C20H19N5O3. The van der Waals surface area contributed by atoms with Gasteiger partial charge in [0.25, 0.3) is 0 Å². The van der Waals surface area contributed by atoms with Gasteiger partial charge in [-0.2, -0.15) is 0 Å². The lowest BCUT2D eigenvalue weighted by molar-refractivity contribution is -0.116. The molecule has 0 spiro atoms. The summed E-state index contributed by atoms with van der Waals surface area (Å²) in [5, 5.41) is 24.0. The maximum Gasteiger partial charge on any atom is 0.335 e. The molecule has 0 atom stereocenters. The fourth-order valence-electron chi connectivity index (χ4n) is 3.10. The molecule has 0 unspecified atom stereocenters. The molecule has 0 aliphatic heterocycles. The largest absolute Gasteiger partial charge is 0.478 e. The zero-order valence-electron chi connectivity index (χ0n) is 15.1. The standard InChI is InChI=1S/C20H19N5O3/c26-18(11-8-13-4-1-2-7-17(13)20(27)28)21-15-6-3-5-14(12-15)19-22-23-24-25(19)16-9-10-16/h1-7,12,16H,8-11H2,(H,21,26)(H,27,28). The molecule has 2 aromatic carbocycles. The Morgan fingerprint density at radius 1 is 1.14 bits per heavy atom. The summed E-state index contributed by atoms with van der Waals surface area (Å²) in [6.07, 6.45) is 2.70. The van der Waals surface area contributed by atoms with Crippen LogP contribution in [-0.2, 0) is 11.2 Å². The summed E-state index contributed by atoms with van der Waals surface area (Å²) in [7, 11) is 0. The van der Waals surface area contributed by atoms with Crippen LogP contribution < -0.4 is 5.32 Å². The van der Waals surface area contributed by atoms with Crippen LogP contribution in [0.2, 0.25) is 0 Å². The van der Waals surface area contributed by atoms with Crippen LogP contribution in [0.1, 0.15) is 41.2 Å². The molecule has 142 valence electrons. The van der Waals surface area contributed by atoms with E-state index in [1.54, 1.807) is 30.3 Å². The van der Waals surface area contributed by atoms with Crippen LogP contribution in [0.5, 0.6) is 0 Å². The van der Waals surface area contributed by atoms with Gasteiger partial charge < -0.3 is 10.4 Å². The van der Waals surface area contributed by atoms with Gasteiger partial charge in [0.2, 0.25) is 5.91 Å². The average molecular weight is 377 g/mol. The van der Waals surface area contributed by atoms with Gasteiger partial charge >= 0.3 is 5.97 Å². The molecule has 0 radical (unpaired) electrons. The number of hydrogen-bond donors (Lipinski definition) is 2. The summed E-state index contributed by atoms with van der Waals surface area (Å²) >= 11 is 0. The van der Waals surface area contributed by atoms with E-state index in [0.29, 0.717) is 29.5 Å². The summed E-state index contributed by atoms with van der Waals surface area (Å²) in [5.41, 5.74) is 2.36. The minimum atomic E-state index is -0.989. The Hall–Kier alpha value is -3.55. The van der Waals surface area contributed by atoms with Gasteiger partial charge in [-0.05, 0) is 53.5 Å². The number of rotatable bonds is 7. The van der Waals surface area contributed by atoms with Crippen molar-refractivity contribution in [1.29, 1.82) is 0 Å². The second kappa shape index (κ2) is 7.59. The van der Waals surface area contributed by atoms with Crippen LogP contribution >= 0.6 is 0 Å². The summed E-state index contributed by atoms with van der Waals surface area (Å²) in [6, 6.07) is 14.5. The van der Waals surface area contributed by atoms with E-state index < -0.39 is 5.97 Å². The van der Waals surface area contributed by atoms with Crippen LogP contribution in [-0.4, -0.2) is 37.2 Å². The highest BCUT2D eigenvalue weighted by molar-refractivity contribution is 5.92. The predicted octanol–water partition coefficient (Wildman–Crippen LogP) is 2.94. The lowest BCUT2D eigenvalue weighted by Gasteiger charge is -2.09. The van der Waals surface area contributed by atoms with E-state index in [2.05, 4.69) is 20.8 Å². The molecule has 8 nitrogen and oxygen atoms in total. The van der Waals surface area contributed by atoms with Gasteiger partial charge in [-0.25, -0.2) is 9.48 Å². The molecule has 1 aliphatic rings. The number of aromatic carboxylic acids is 1. The third kappa shape index (κ3) is 3.90. The number of anilines is 1. The first kappa shape index (κ1) is 17.8. The number of carbonyl (C=O) groups excluding carboxylic acids is 1. The Bertz CT molecular complexity index is 1030. The lowest BCUT2D eigenvalue weighted by atomic mass is 10.0. The fraction of sp³-hybridized carbons (Fsp3) is 0.250. The Morgan fingerprint density at radius 3 is 2.75 bits per heavy atom. The van der Waals surface area contributed by atoms with Crippen molar-refractivity contribution in [1.82, 2.24) is 20.2 Å². The second-order valence-corrected chi connectivity index (χ2v) is 6.77. The summed E-state index contributed by atoms with van der Waals surface area (Å²) < 4.78 is 1.82. The molecule has 1 heterocycles. The maximum atomic E-state index is 12.3. The number of aryl methyl sites for hydroxylation is 1. The van der Waals surface area contributed by atoms with Crippen molar-refractivity contribution < 1.29 is 14.7 Å². The van der Waals surface area contributed by atoms with Crippen molar-refractivity contribution in [2.24, 2.45) is 0 Å². The Kier molecular flexibility index (Phi) is 4.84. The number of carboxylic acids is 1. The molecule has 1 aliphatic carbocycles. The highest BCUT2D eigenvalue weighted by atomic mass is 16.4. The molecule has 4 rings (SSSR count). The van der Waals surface area contributed by atoms with E-state index in [1.807, 2.05) is 22.9 Å². The molecule has 3 aromatic rings. The van der Waals surface area contributed by atoms with E-state index in [0.717, 1.165) is 18.4 Å². The van der Waals surface area contributed by atoms with Crippen LogP contribution in [0, 0.1) is 0 Å². The number of benzene rings is 2. The third-order valence-corrected chi connectivity index (χ3v) is 4.66. The number of aromatic nitrogens is 4. The minimum absolute atomic E-state index is 0.181. The quantitative estimate of drug-likeness (QED) is 0.655. The van der Waals surface area contributed by atoms with E-state index >= 15 is 0 Å². The molecule has 1 fully saturated rings. The Labute approximate surface area is 161 Å². The van der Waals surface area contributed by atoms with Crippen molar-refractivity contribution in [3.63, 3.8) is 0 Å². The fourth-order valence-corrected chi connectivity index (χ4v) is 3.10. The zero-order valence-corrected chi connectivity index (χ0v) is 15.1. The van der Waals surface area contributed by atoms with Gasteiger partial charge in [-0.3, -0.25) is 4.79 Å².